The molecule has 1 aliphatic rings. The average molecular weight is 402 g/mol. The van der Waals surface area contributed by atoms with E-state index >= 15 is 0 Å². The molecule has 2 heterocycles. The van der Waals surface area contributed by atoms with Crippen molar-refractivity contribution in [1.82, 2.24) is 15.5 Å². The smallest absolute Gasteiger partial charge is 0.261 e. The van der Waals surface area contributed by atoms with E-state index in [2.05, 4.69) is 21.6 Å². The van der Waals surface area contributed by atoms with Gasteiger partial charge >= 0.3 is 0 Å². The van der Waals surface area contributed by atoms with E-state index in [-0.39, 0.29) is 24.4 Å². The Morgan fingerprint density at radius 1 is 1.14 bits per heavy atom. The van der Waals surface area contributed by atoms with E-state index in [0.29, 0.717) is 11.4 Å². The first-order valence-corrected chi connectivity index (χ1v) is 10.4. The normalized spacial score (nSPS) is 15.2. The van der Waals surface area contributed by atoms with Crippen LogP contribution in [0, 0.1) is 6.92 Å². The molecule has 150 valence electrons. The summed E-state index contributed by atoms with van der Waals surface area (Å²) in [6.07, 6.45) is 2.33. The van der Waals surface area contributed by atoms with E-state index in [0.717, 1.165) is 42.1 Å². The van der Waals surface area contributed by atoms with Crippen LogP contribution in [0.1, 0.15) is 39.0 Å². The van der Waals surface area contributed by atoms with Crippen molar-refractivity contribution in [2.24, 2.45) is 0 Å². The van der Waals surface area contributed by atoms with Gasteiger partial charge in [-0.15, -0.1) is 11.3 Å². The number of nitrogens with zero attached hydrogens (tertiary/aromatic N) is 1. The number of likely N-dealkylation sites (tertiary alicyclic amines) is 1. The topological polar surface area (TPSA) is 70.7 Å². The number of hydrogen-bond acceptors (Lipinski definition) is 5. The number of aryl methyl sites for hydroxylation is 1. The molecule has 0 aliphatic carbocycles. The van der Waals surface area contributed by atoms with Crippen molar-refractivity contribution in [3.63, 3.8) is 0 Å². The van der Waals surface area contributed by atoms with Gasteiger partial charge in [-0.05, 0) is 51.1 Å². The van der Waals surface area contributed by atoms with Crippen LogP contribution in [-0.4, -0.2) is 50.0 Å². The summed E-state index contributed by atoms with van der Waals surface area (Å²) in [6.45, 7) is 4.41. The number of para-hydroxylation sites is 1. The number of amides is 2. The number of benzene rings is 1. The van der Waals surface area contributed by atoms with Crippen LogP contribution in [0.3, 0.4) is 0 Å². The lowest BCUT2D eigenvalue weighted by molar-refractivity contribution is -0.120. The molecular weight excluding hydrogens is 374 g/mol. The molecule has 0 saturated carbocycles. The number of methoxy groups -OCH3 is 1. The molecule has 7 heteroatoms. The zero-order valence-electron chi connectivity index (χ0n) is 16.4. The Labute approximate surface area is 169 Å². The molecular formula is C21H27N3O3S. The van der Waals surface area contributed by atoms with Crippen LogP contribution in [0.2, 0.25) is 0 Å². The number of thiophene rings is 1. The minimum atomic E-state index is -0.214. The fourth-order valence-electron chi connectivity index (χ4n) is 3.51. The van der Waals surface area contributed by atoms with Crippen molar-refractivity contribution >= 4 is 23.2 Å². The third kappa shape index (κ3) is 5.11. The lowest BCUT2D eigenvalue weighted by atomic mass is 10.0. The van der Waals surface area contributed by atoms with Crippen molar-refractivity contribution < 1.29 is 14.3 Å². The summed E-state index contributed by atoms with van der Waals surface area (Å²) in [5.74, 6) is 0.421. The Balaban J connectivity index is 1.58. The van der Waals surface area contributed by atoms with Crippen LogP contribution in [0.5, 0.6) is 5.75 Å². The minimum absolute atomic E-state index is 0.0333. The van der Waals surface area contributed by atoms with Gasteiger partial charge in [0.1, 0.15) is 5.75 Å². The first kappa shape index (κ1) is 20.4. The van der Waals surface area contributed by atoms with Crippen LogP contribution in [0.15, 0.2) is 36.4 Å². The summed E-state index contributed by atoms with van der Waals surface area (Å²) in [5.41, 5.74) is 1.07. The summed E-state index contributed by atoms with van der Waals surface area (Å²) in [6, 6.07) is 11.7. The summed E-state index contributed by atoms with van der Waals surface area (Å²) in [4.78, 5) is 28.5. The Hall–Kier alpha value is -2.38. The summed E-state index contributed by atoms with van der Waals surface area (Å²) < 4.78 is 5.53. The van der Waals surface area contributed by atoms with Gasteiger partial charge in [0.25, 0.3) is 5.91 Å². The van der Waals surface area contributed by atoms with Crippen LogP contribution in [0.4, 0.5) is 0 Å². The van der Waals surface area contributed by atoms with Crippen LogP contribution < -0.4 is 15.4 Å². The molecule has 2 N–H and O–H groups in total. The van der Waals surface area contributed by atoms with E-state index in [4.69, 9.17) is 4.74 Å². The van der Waals surface area contributed by atoms with Crippen LogP contribution >= 0.6 is 11.3 Å². The number of carbonyl (C=O) groups excluding carboxylic acids is 2. The predicted octanol–water partition coefficient (Wildman–Crippen LogP) is 2.75. The van der Waals surface area contributed by atoms with Gasteiger partial charge in [-0.2, -0.15) is 0 Å². The quantitative estimate of drug-likeness (QED) is 0.714. The monoisotopic (exact) mass is 401 g/mol. The summed E-state index contributed by atoms with van der Waals surface area (Å²) in [7, 11) is 1.67. The lowest BCUT2D eigenvalue weighted by Crippen LogP contribution is -2.41. The SMILES string of the molecule is COc1ccccc1C(CNC(=O)CNC(=O)c1ccc(C)s1)N1CCCC1. The zero-order valence-corrected chi connectivity index (χ0v) is 17.2. The maximum absolute atomic E-state index is 12.3. The van der Waals surface area contributed by atoms with Gasteiger partial charge in [-0.1, -0.05) is 18.2 Å². The second kappa shape index (κ2) is 9.71. The maximum Gasteiger partial charge on any atom is 0.261 e. The Kier molecular flexibility index (Phi) is 7.06. The third-order valence-corrected chi connectivity index (χ3v) is 5.95. The van der Waals surface area contributed by atoms with Crippen molar-refractivity contribution in [2.75, 3.05) is 33.3 Å². The number of carbonyl (C=O) groups is 2. The van der Waals surface area contributed by atoms with Crippen molar-refractivity contribution in [3.05, 3.63) is 51.7 Å². The Morgan fingerprint density at radius 2 is 1.89 bits per heavy atom. The molecule has 2 amide bonds. The third-order valence-electron chi connectivity index (χ3n) is 4.95. The largest absolute Gasteiger partial charge is 0.496 e. The second-order valence-electron chi connectivity index (χ2n) is 6.90. The van der Waals surface area contributed by atoms with Gasteiger partial charge < -0.3 is 15.4 Å². The Bertz CT molecular complexity index is 815. The van der Waals surface area contributed by atoms with Crippen molar-refractivity contribution in [1.29, 1.82) is 0 Å². The number of nitrogens with one attached hydrogen (secondary N) is 2. The van der Waals surface area contributed by atoms with E-state index in [1.54, 1.807) is 13.2 Å². The highest BCUT2D eigenvalue weighted by molar-refractivity contribution is 7.13. The number of ether oxygens (including phenoxy) is 1. The summed E-state index contributed by atoms with van der Waals surface area (Å²) in [5, 5.41) is 5.66. The van der Waals surface area contributed by atoms with E-state index in [1.165, 1.54) is 11.3 Å². The molecule has 1 aromatic carbocycles. The predicted molar refractivity (Wildman–Crippen MR) is 111 cm³/mol. The average Bonchev–Trinajstić information content (AvgIpc) is 3.39. The highest BCUT2D eigenvalue weighted by Crippen LogP contribution is 2.31. The van der Waals surface area contributed by atoms with Gasteiger partial charge in [0.2, 0.25) is 5.91 Å². The molecule has 1 fully saturated rings. The van der Waals surface area contributed by atoms with E-state index in [9.17, 15) is 9.59 Å². The molecule has 0 bridgehead atoms. The van der Waals surface area contributed by atoms with Gasteiger partial charge in [-0.25, -0.2) is 0 Å². The van der Waals surface area contributed by atoms with Gasteiger partial charge in [-0.3, -0.25) is 14.5 Å². The molecule has 1 aromatic heterocycles. The van der Waals surface area contributed by atoms with Crippen LogP contribution in [0.25, 0.3) is 0 Å². The fourth-order valence-corrected chi connectivity index (χ4v) is 4.29. The second-order valence-corrected chi connectivity index (χ2v) is 8.19. The van der Waals surface area contributed by atoms with Gasteiger partial charge in [0, 0.05) is 17.0 Å². The molecule has 6 nitrogen and oxygen atoms in total. The molecule has 0 radical (unpaired) electrons. The molecule has 1 unspecified atom stereocenters. The van der Waals surface area contributed by atoms with E-state index in [1.807, 2.05) is 31.2 Å². The number of hydrogen-bond donors (Lipinski definition) is 2. The molecule has 1 aliphatic heterocycles. The van der Waals surface area contributed by atoms with Crippen LogP contribution in [-0.2, 0) is 4.79 Å². The molecule has 0 spiro atoms. The van der Waals surface area contributed by atoms with Crippen molar-refractivity contribution in [2.45, 2.75) is 25.8 Å². The molecule has 1 saturated heterocycles. The number of rotatable bonds is 8. The molecule has 28 heavy (non-hydrogen) atoms. The first-order valence-electron chi connectivity index (χ1n) is 9.57. The minimum Gasteiger partial charge on any atom is -0.496 e. The van der Waals surface area contributed by atoms with Crippen molar-refractivity contribution in [3.8, 4) is 5.75 Å². The van der Waals surface area contributed by atoms with Gasteiger partial charge in [0.15, 0.2) is 0 Å². The van der Waals surface area contributed by atoms with Gasteiger partial charge in [0.05, 0.1) is 24.6 Å². The fraction of sp³-hybridized carbons (Fsp3) is 0.429. The maximum atomic E-state index is 12.3. The van der Waals surface area contributed by atoms with E-state index < -0.39 is 0 Å². The highest BCUT2D eigenvalue weighted by atomic mass is 32.1. The summed E-state index contributed by atoms with van der Waals surface area (Å²) >= 11 is 1.42. The molecule has 2 aromatic rings. The zero-order chi connectivity index (χ0) is 19.9. The standard InChI is InChI=1S/C21H27N3O3S/c1-15-9-10-19(28-15)21(26)23-14-20(25)22-13-17(24-11-5-6-12-24)16-7-3-4-8-18(16)27-2/h3-4,7-10,17H,5-6,11-14H2,1-2H3,(H,22,25)(H,23,26). The Morgan fingerprint density at radius 3 is 2.57 bits per heavy atom. The first-order chi connectivity index (χ1) is 13.6. The molecule has 1 atom stereocenters. The highest BCUT2D eigenvalue weighted by Gasteiger charge is 2.26. The lowest BCUT2D eigenvalue weighted by Gasteiger charge is -2.29. The molecule has 3 rings (SSSR count).